The predicted octanol–water partition coefficient (Wildman–Crippen LogP) is 5.35. The zero-order valence-corrected chi connectivity index (χ0v) is 13.1. The Morgan fingerprint density at radius 3 is 2.47 bits per heavy atom. The number of unbranched alkanes of at least 4 members (excludes halogenated alkanes) is 5. The van der Waals surface area contributed by atoms with Crippen molar-refractivity contribution >= 4 is 24.0 Å². The van der Waals surface area contributed by atoms with Gasteiger partial charge in [0, 0.05) is 17.1 Å². The maximum atomic E-state index is 13.4. The molecule has 19 heavy (non-hydrogen) atoms. The third kappa shape index (κ3) is 7.76. The summed E-state index contributed by atoms with van der Waals surface area (Å²) in [6.45, 7) is 3.66. The van der Waals surface area contributed by atoms with Crippen molar-refractivity contribution in [1.82, 2.24) is 5.32 Å². The molecule has 0 atom stereocenters. The van der Waals surface area contributed by atoms with E-state index in [1.165, 1.54) is 38.2 Å². The van der Waals surface area contributed by atoms with Crippen molar-refractivity contribution < 1.29 is 4.39 Å². The number of hydrogen-bond acceptors (Lipinski definition) is 1. The Kier molecular flexibility index (Phi) is 11.3. The van der Waals surface area contributed by atoms with Crippen molar-refractivity contribution in [1.29, 1.82) is 0 Å². The van der Waals surface area contributed by atoms with Crippen LogP contribution in [0.2, 0.25) is 5.02 Å². The van der Waals surface area contributed by atoms with Crippen LogP contribution >= 0.6 is 24.0 Å². The molecule has 1 rings (SSSR count). The van der Waals surface area contributed by atoms with E-state index in [-0.39, 0.29) is 18.2 Å². The molecule has 0 fully saturated rings. The van der Waals surface area contributed by atoms with Gasteiger partial charge in [0.2, 0.25) is 0 Å². The monoisotopic (exact) mass is 307 g/mol. The van der Waals surface area contributed by atoms with Gasteiger partial charge in [-0.15, -0.1) is 12.4 Å². The van der Waals surface area contributed by atoms with Crippen LogP contribution in [0, 0.1) is 5.82 Å². The van der Waals surface area contributed by atoms with E-state index < -0.39 is 0 Å². The van der Waals surface area contributed by atoms with Gasteiger partial charge < -0.3 is 5.32 Å². The Balaban J connectivity index is 0.00000324. The van der Waals surface area contributed by atoms with Crippen molar-refractivity contribution in [3.8, 4) is 0 Å². The van der Waals surface area contributed by atoms with Crippen LogP contribution in [0.4, 0.5) is 4.39 Å². The molecule has 0 saturated heterocycles. The highest BCUT2D eigenvalue weighted by molar-refractivity contribution is 6.31. The van der Waals surface area contributed by atoms with Crippen LogP contribution in [-0.2, 0) is 6.54 Å². The normalized spacial score (nSPS) is 10.3. The summed E-state index contributed by atoms with van der Waals surface area (Å²) in [7, 11) is 0. The first-order chi connectivity index (χ1) is 8.75. The van der Waals surface area contributed by atoms with E-state index in [1.807, 2.05) is 0 Å². The van der Waals surface area contributed by atoms with Crippen molar-refractivity contribution in [2.45, 2.75) is 52.0 Å². The fourth-order valence-electron chi connectivity index (χ4n) is 1.94. The minimum atomic E-state index is -0.224. The first-order valence-electron chi connectivity index (χ1n) is 6.89. The van der Waals surface area contributed by atoms with E-state index in [0.717, 1.165) is 13.0 Å². The van der Waals surface area contributed by atoms with Gasteiger partial charge in [0.15, 0.2) is 0 Å². The van der Waals surface area contributed by atoms with Crippen LogP contribution < -0.4 is 5.32 Å². The molecule has 0 bridgehead atoms. The van der Waals surface area contributed by atoms with E-state index in [9.17, 15) is 4.39 Å². The fourth-order valence-corrected chi connectivity index (χ4v) is 2.17. The number of hydrogen-bond donors (Lipinski definition) is 1. The standard InChI is InChI=1S/C15H23ClFN.ClH/c1-2-3-4-5-6-7-11-18-12-13-14(16)9-8-10-15(13)17;/h8-10,18H,2-7,11-12H2,1H3;1H. The molecule has 0 heterocycles. The maximum Gasteiger partial charge on any atom is 0.129 e. The molecule has 0 spiro atoms. The van der Waals surface area contributed by atoms with Gasteiger partial charge in [-0.3, -0.25) is 0 Å². The number of halogens is 3. The lowest BCUT2D eigenvalue weighted by Crippen LogP contribution is -2.15. The van der Waals surface area contributed by atoms with Gasteiger partial charge in [0.1, 0.15) is 5.82 Å². The summed E-state index contributed by atoms with van der Waals surface area (Å²) in [4.78, 5) is 0. The van der Waals surface area contributed by atoms with E-state index in [0.29, 0.717) is 17.1 Å². The van der Waals surface area contributed by atoms with Crippen LogP contribution in [0.25, 0.3) is 0 Å². The average molecular weight is 308 g/mol. The molecule has 1 nitrogen and oxygen atoms in total. The van der Waals surface area contributed by atoms with Gasteiger partial charge >= 0.3 is 0 Å². The molecule has 4 heteroatoms. The first-order valence-corrected chi connectivity index (χ1v) is 7.27. The SMILES string of the molecule is CCCCCCCCNCc1c(F)cccc1Cl.Cl. The Bertz CT molecular complexity index is 325. The molecular formula is C15H24Cl2FN. The van der Waals surface area contributed by atoms with Crippen molar-refractivity contribution in [3.63, 3.8) is 0 Å². The summed E-state index contributed by atoms with van der Waals surface area (Å²) in [5.74, 6) is -0.224. The van der Waals surface area contributed by atoms with E-state index in [2.05, 4.69) is 12.2 Å². The second kappa shape index (κ2) is 11.5. The van der Waals surface area contributed by atoms with Crippen molar-refractivity contribution in [2.24, 2.45) is 0 Å². The Hall–Kier alpha value is -0.310. The molecule has 0 unspecified atom stereocenters. The van der Waals surface area contributed by atoms with Gasteiger partial charge in [0.05, 0.1) is 0 Å². The van der Waals surface area contributed by atoms with Gasteiger partial charge in [0.25, 0.3) is 0 Å². The molecule has 0 aliphatic carbocycles. The molecule has 110 valence electrons. The highest BCUT2D eigenvalue weighted by atomic mass is 35.5. The third-order valence-corrected chi connectivity index (χ3v) is 3.42. The Morgan fingerprint density at radius 2 is 1.79 bits per heavy atom. The summed E-state index contributed by atoms with van der Waals surface area (Å²) < 4.78 is 13.4. The van der Waals surface area contributed by atoms with E-state index >= 15 is 0 Å². The number of rotatable bonds is 9. The van der Waals surface area contributed by atoms with Crippen LogP contribution in [0.3, 0.4) is 0 Å². The van der Waals surface area contributed by atoms with Gasteiger partial charge in [-0.05, 0) is 25.1 Å². The first kappa shape index (κ1) is 18.7. The van der Waals surface area contributed by atoms with Gasteiger partial charge in [-0.1, -0.05) is 56.7 Å². The molecule has 0 aliphatic rings. The van der Waals surface area contributed by atoms with E-state index in [4.69, 9.17) is 11.6 Å². The van der Waals surface area contributed by atoms with Gasteiger partial charge in [-0.2, -0.15) is 0 Å². The van der Waals surface area contributed by atoms with Crippen LogP contribution in [0.1, 0.15) is 51.0 Å². The Labute approximate surface area is 127 Å². The second-order valence-corrected chi connectivity index (χ2v) is 5.05. The number of nitrogens with one attached hydrogen (secondary N) is 1. The summed E-state index contributed by atoms with van der Waals surface area (Å²) in [6, 6.07) is 4.81. The van der Waals surface area contributed by atoms with Crippen LogP contribution in [0.5, 0.6) is 0 Å². The second-order valence-electron chi connectivity index (χ2n) is 4.64. The lowest BCUT2D eigenvalue weighted by molar-refractivity contribution is 0.556. The van der Waals surface area contributed by atoms with Crippen molar-refractivity contribution in [3.05, 3.63) is 34.6 Å². The topological polar surface area (TPSA) is 12.0 Å². The number of benzene rings is 1. The lowest BCUT2D eigenvalue weighted by Gasteiger charge is -2.07. The van der Waals surface area contributed by atoms with Gasteiger partial charge in [-0.25, -0.2) is 4.39 Å². The Morgan fingerprint density at radius 1 is 1.11 bits per heavy atom. The summed E-state index contributed by atoms with van der Waals surface area (Å²) in [6.07, 6.45) is 7.64. The third-order valence-electron chi connectivity index (χ3n) is 3.07. The minimum Gasteiger partial charge on any atom is -0.313 e. The maximum absolute atomic E-state index is 13.4. The quantitative estimate of drug-likeness (QED) is 0.606. The molecule has 1 aromatic rings. The molecule has 1 N–H and O–H groups in total. The summed E-state index contributed by atoms with van der Waals surface area (Å²) in [5.41, 5.74) is 0.574. The van der Waals surface area contributed by atoms with Crippen LogP contribution in [0.15, 0.2) is 18.2 Å². The van der Waals surface area contributed by atoms with Crippen LogP contribution in [-0.4, -0.2) is 6.54 Å². The summed E-state index contributed by atoms with van der Waals surface area (Å²) in [5, 5.41) is 3.75. The molecule has 0 amide bonds. The predicted molar refractivity (Wildman–Crippen MR) is 83.7 cm³/mol. The zero-order valence-electron chi connectivity index (χ0n) is 11.6. The van der Waals surface area contributed by atoms with E-state index in [1.54, 1.807) is 12.1 Å². The smallest absolute Gasteiger partial charge is 0.129 e. The highest BCUT2D eigenvalue weighted by Crippen LogP contribution is 2.18. The average Bonchev–Trinajstić information content (AvgIpc) is 2.35. The fraction of sp³-hybridized carbons (Fsp3) is 0.600. The zero-order chi connectivity index (χ0) is 13.2. The molecule has 0 radical (unpaired) electrons. The highest BCUT2D eigenvalue weighted by Gasteiger charge is 2.05. The molecular weight excluding hydrogens is 284 g/mol. The largest absolute Gasteiger partial charge is 0.313 e. The molecule has 0 aromatic heterocycles. The summed E-state index contributed by atoms with van der Waals surface area (Å²) >= 11 is 5.95. The molecule has 1 aromatic carbocycles. The minimum absolute atomic E-state index is 0. The van der Waals surface area contributed by atoms with Crippen molar-refractivity contribution in [2.75, 3.05) is 6.54 Å². The molecule has 0 aliphatic heterocycles. The molecule has 0 saturated carbocycles. The lowest BCUT2D eigenvalue weighted by atomic mass is 10.1.